The van der Waals surface area contributed by atoms with Gasteiger partial charge < -0.3 is 20.3 Å². The minimum atomic E-state index is -0.632. The number of benzene rings is 2. The Morgan fingerprint density at radius 1 is 1.26 bits per heavy atom. The first-order valence-corrected chi connectivity index (χ1v) is 9.99. The fourth-order valence-corrected chi connectivity index (χ4v) is 3.05. The smallest absolute Gasteiger partial charge is 0.294 e. The number of phenolic OH excluding ortho intramolecular Hbond substituents is 1. The second-order valence-electron chi connectivity index (χ2n) is 6.76. The standard InChI is InChI=1S/C21H20N8O5/c1-3-33-14-7-5-13(6-8-14)18-17(24-28-29(18)20-19(22)26-34-27-20)21(31)25-23-11-12-4-9-15(30)16(10-12)32-2/h4-11,30H,3H2,1-2H3,(H2,22,26)(H,25,31)/b23-11+. The number of amides is 1. The first kappa shape index (κ1) is 22.3. The number of nitrogens with one attached hydrogen (secondary N) is 1. The van der Waals surface area contributed by atoms with Crippen LogP contribution >= 0.6 is 0 Å². The molecule has 0 saturated carbocycles. The minimum absolute atomic E-state index is 0.0121. The highest BCUT2D eigenvalue weighted by atomic mass is 16.6. The zero-order valence-electron chi connectivity index (χ0n) is 18.2. The van der Waals surface area contributed by atoms with E-state index in [0.29, 0.717) is 29.2 Å². The lowest BCUT2D eigenvalue weighted by Crippen LogP contribution is -2.19. The van der Waals surface area contributed by atoms with E-state index >= 15 is 0 Å². The summed E-state index contributed by atoms with van der Waals surface area (Å²) in [5.74, 6) is 0.343. The van der Waals surface area contributed by atoms with Crippen LogP contribution in [0.1, 0.15) is 23.0 Å². The van der Waals surface area contributed by atoms with E-state index in [1.807, 2.05) is 6.92 Å². The molecule has 0 aliphatic heterocycles. The molecule has 0 unspecified atom stereocenters. The number of anilines is 1. The first-order chi connectivity index (χ1) is 16.5. The van der Waals surface area contributed by atoms with Crippen molar-refractivity contribution in [2.24, 2.45) is 5.10 Å². The summed E-state index contributed by atoms with van der Waals surface area (Å²) in [6.45, 7) is 2.39. The van der Waals surface area contributed by atoms with E-state index in [1.165, 1.54) is 24.1 Å². The fourth-order valence-electron chi connectivity index (χ4n) is 3.05. The number of hydrazone groups is 1. The highest BCUT2D eigenvalue weighted by Gasteiger charge is 2.25. The molecule has 1 amide bonds. The molecule has 0 atom stereocenters. The van der Waals surface area contributed by atoms with Crippen LogP contribution in [0.3, 0.4) is 0 Å². The van der Waals surface area contributed by atoms with Gasteiger partial charge in [-0.3, -0.25) is 4.79 Å². The SMILES string of the molecule is CCOc1ccc(-c2c(C(=O)N/N=C/c3ccc(O)c(OC)c3)nnn2-c2nonc2N)cc1. The predicted molar refractivity (Wildman–Crippen MR) is 120 cm³/mol. The molecule has 4 N–H and O–H groups in total. The van der Waals surface area contributed by atoms with Gasteiger partial charge in [-0.05, 0) is 65.3 Å². The Kier molecular flexibility index (Phi) is 6.34. The number of nitrogen functional groups attached to an aromatic ring is 1. The van der Waals surface area contributed by atoms with E-state index in [1.54, 1.807) is 36.4 Å². The van der Waals surface area contributed by atoms with Gasteiger partial charge in [0.2, 0.25) is 11.6 Å². The van der Waals surface area contributed by atoms with Crippen LogP contribution in [-0.2, 0) is 0 Å². The molecule has 13 nitrogen and oxygen atoms in total. The quantitative estimate of drug-likeness (QED) is 0.257. The Bertz CT molecular complexity index is 1330. The van der Waals surface area contributed by atoms with Gasteiger partial charge in [-0.1, -0.05) is 5.21 Å². The fraction of sp³-hybridized carbons (Fsp3) is 0.143. The molecule has 0 bridgehead atoms. The number of aromatic hydroxyl groups is 1. The number of nitrogens with zero attached hydrogens (tertiary/aromatic N) is 6. The molecule has 0 spiro atoms. The van der Waals surface area contributed by atoms with Crippen molar-refractivity contribution in [2.45, 2.75) is 6.92 Å². The molecule has 0 aliphatic carbocycles. The highest BCUT2D eigenvalue weighted by Crippen LogP contribution is 2.28. The number of hydrogen-bond donors (Lipinski definition) is 3. The van der Waals surface area contributed by atoms with Gasteiger partial charge in [0.25, 0.3) is 5.91 Å². The Morgan fingerprint density at radius 2 is 2.06 bits per heavy atom. The van der Waals surface area contributed by atoms with Gasteiger partial charge in [0.1, 0.15) is 11.4 Å². The van der Waals surface area contributed by atoms with Crippen molar-refractivity contribution in [1.29, 1.82) is 0 Å². The number of phenols is 1. The van der Waals surface area contributed by atoms with Crippen molar-refractivity contribution in [1.82, 2.24) is 30.7 Å². The van der Waals surface area contributed by atoms with Gasteiger partial charge >= 0.3 is 0 Å². The van der Waals surface area contributed by atoms with Crippen LogP contribution in [0.4, 0.5) is 5.82 Å². The Hall–Kier alpha value is -4.94. The number of methoxy groups -OCH3 is 1. The van der Waals surface area contributed by atoms with Crippen LogP contribution in [0.15, 0.2) is 52.2 Å². The Labute approximate surface area is 192 Å². The summed E-state index contributed by atoms with van der Waals surface area (Å²) in [6.07, 6.45) is 1.39. The second-order valence-corrected chi connectivity index (χ2v) is 6.76. The van der Waals surface area contributed by atoms with Gasteiger partial charge in [-0.25, -0.2) is 10.1 Å². The van der Waals surface area contributed by atoms with E-state index in [9.17, 15) is 9.90 Å². The molecule has 4 aromatic rings. The average Bonchev–Trinajstić information content (AvgIpc) is 3.46. The molecule has 2 heterocycles. The van der Waals surface area contributed by atoms with Crippen molar-refractivity contribution in [2.75, 3.05) is 19.5 Å². The van der Waals surface area contributed by atoms with Gasteiger partial charge in [-0.15, -0.1) is 5.10 Å². The molecule has 2 aromatic carbocycles. The molecule has 174 valence electrons. The Morgan fingerprint density at radius 3 is 2.74 bits per heavy atom. The maximum absolute atomic E-state index is 12.9. The molecule has 13 heteroatoms. The molecular formula is C21H20N8O5. The lowest BCUT2D eigenvalue weighted by Gasteiger charge is -2.07. The zero-order chi connectivity index (χ0) is 24.1. The van der Waals surface area contributed by atoms with Gasteiger partial charge in [0.15, 0.2) is 17.2 Å². The number of carbonyl (C=O) groups is 1. The number of ether oxygens (including phenoxy) is 2. The Balaban J connectivity index is 1.65. The summed E-state index contributed by atoms with van der Waals surface area (Å²) in [5.41, 5.74) is 9.67. The molecule has 2 aromatic heterocycles. The van der Waals surface area contributed by atoms with Crippen LogP contribution in [0.25, 0.3) is 17.1 Å². The minimum Gasteiger partial charge on any atom is -0.504 e. The van der Waals surface area contributed by atoms with Crippen LogP contribution in [0.5, 0.6) is 17.2 Å². The molecule has 0 radical (unpaired) electrons. The summed E-state index contributed by atoms with van der Waals surface area (Å²) in [4.78, 5) is 12.9. The van der Waals surface area contributed by atoms with E-state index in [2.05, 4.69) is 35.8 Å². The maximum atomic E-state index is 12.9. The van der Waals surface area contributed by atoms with Crippen LogP contribution < -0.4 is 20.6 Å². The summed E-state index contributed by atoms with van der Waals surface area (Å²) in [5, 5.41) is 29.0. The maximum Gasteiger partial charge on any atom is 0.294 e. The number of aromatic nitrogens is 5. The van der Waals surface area contributed by atoms with Crippen LogP contribution in [-0.4, -0.2) is 56.3 Å². The zero-order valence-corrected chi connectivity index (χ0v) is 18.2. The van der Waals surface area contributed by atoms with E-state index in [0.717, 1.165) is 0 Å². The van der Waals surface area contributed by atoms with Gasteiger partial charge in [0.05, 0.1) is 19.9 Å². The molecule has 4 rings (SSSR count). The lowest BCUT2D eigenvalue weighted by molar-refractivity contribution is 0.0950. The van der Waals surface area contributed by atoms with Crippen molar-refractivity contribution >= 4 is 17.9 Å². The van der Waals surface area contributed by atoms with E-state index in [4.69, 9.17) is 15.2 Å². The molecule has 0 aliphatic rings. The predicted octanol–water partition coefficient (Wildman–Crippen LogP) is 1.78. The van der Waals surface area contributed by atoms with Crippen molar-refractivity contribution < 1.29 is 24.0 Å². The summed E-state index contributed by atoms with van der Waals surface area (Å²) in [6, 6.07) is 11.6. The summed E-state index contributed by atoms with van der Waals surface area (Å²) in [7, 11) is 1.43. The molecule has 0 saturated heterocycles. The largest absolute Gasteiger partial charge is 0.504 e. The third kappa shape index (κ3) is 4.48. The summed E-state index contributed by atoms with van der Waals surface area (Å²) < 4.78 is 16.5. The average molecular weight is 464 g/mol. The van der Waals surface area contributed by atoms with Crippen molar-refractivity contribution in [3.63, 3.8) is 0 Å². The molecule has 34 heavy (non-hydrogen) atoms. The van der Waals surface area contributed by atoms with Gasteiger partial charge in [0, 0.05) is 5.56 Å². The third-order valence-corrected chi connectivity index (χ3v) is 4.60. The number of carbonyl (C=O) groups excluding carboxylic acids is 1. The number of hydrogen-bond acceptors (Lipinski definition) is 11. The topological polar surface area (TPSA) is 176 Å². The van der Waals surface area contributed by atoms with Crippen molar-refractivity contribution in [3.8, 4) is 34.3 Å². The summed E-state index contributed by atoms with van der Waals surface area (Å²) >= 11 is 0. The van der Waals surface area contributed by atoms with Gasteiger partial charge in [-0.2, -0.15) is 9.78 Å². The third-order valence-electron chi connectivity index (χ3n) is 4.60. The van der Waals surface area contributed by atoms with Crippen LogP contribution in [0.2, 0.25) is 0 Å². The normalized spacial score (nSPS) is 11.0. The molecule has 0 fully saturated rings. The lowest BCUT2D eigenvalue weighted by atomic mass is 10.1. The monoisotopic (exact) mass is 464 g/mol. The van der Waals surface area contributed by atoms with Crippen molar-refractivity contribution in [3.05, 3.63) is 53.7 Å². The number of rotatable bonds is 8. The highest BCUT2D eigenvalue weighted by molar-refractivity contribution is 5.98. The van der Waals surface area contributed by atoms with E-state index < -0.39 is 5.91 Å². The number of nitrogens with two attached hydrogens (primary N) is 1. The second kappa shape index (κ2) is 9.68. The van der Waals surface area contributed by atoms with Crippen LogP contribution in [0, 0.1) is 0 Å². The first-order valence-electron chi connectivity index (χ1n) is 9.99. The molecular weight excluding hydrogens is 444 g/mol. The van der Waals surface area contributed by atoms with E-state index in [-0.39, 0.29) is 28.8 Å².